The first-order valence-corrected chi connectivity index (χ1v) is 8.03. The molecule has 0 saturated carbocycles. The maximum atomic E-state index is 9.90. The summed E-state index contributed by atoms with van der Waals surface area (Å²) < 4.78 is 0. The quantitative estimate of drug-likeness (QED) is 0.935. The first-order valence-electron chi connectivity index (χ1n) is 8.03. The Balaban J connectivity index is 1.86. The van der Waals surface area contributed by atoms with Crippen LogP contribution in [-0.2, 0) is 13.0 Å². The van der Waals surface area contributed by atoms with Gasteiger partial charge >= 0.3 is 0 Å². The van der Waals surface area contributed by atoms with Crippen LogP contribution < -0.4 is 4.90 Å². The topological polar surface area (TPSA) is 52.5 Å². The highest BCUT2D eigenvalue weighted by molar-refractivity contribution is 5.33. The van der Waals surface area contributed by atoms with Crippen LogP contribution in [0.25, 0.3) is 0 Å². The van der Waals surface area contributed by atoms with E-state index < -0.39 is 0 Å². The smallest absolute Gasteiger partial charge is 0.225 e. The van der Waals surface area contributed by atoms with Crippen LogP contribution in [0.4, 0.5) is 5.95 Å². The third-order valence-electron chi connectivity index (χ3n) is 4.36. The number of hydrogen-bond acceptors (Lipinski definition) is 5. The summed E-state index contributed by atoms with van der Waals surface area (Å²) in [6.45, 7) is 3.78. The van der Waals surface area contributed by atoms with Gasteiger partial charge in [-0.05, 0) is 30.5 Å². The second kappa shape index (κ2) is 6.64. The van der Waals surface area contributed by atoms with Crippen molar-refractivity contribution in [3.05, 3.63) is 52.8 Å². The molecule has 1 N–H and O–H groups in total. The lowest BCUT2D eigenvalue weighted by Gasteiger charge is -2.36. The largest absolute Gasteiger partial charge is 0.394 e. The molecular weight excluding hydrogens is 288 g/mol. The van der Waals surface area contributed by atoms with E-state index in [1.165, 1.54) is 11.1 Å². The third-order valence-corrected chi connectivity index (χ3v) is 4.36. The van der Waals surface area contributed by atoms with Crippen LogP contribution in [0, 0.1) is 6.92 Å². The third kappa shape index (κ3) is 3.35. The SMILES string of the molecule is Cc1cc(CN2CCc3ccccc3[C@H]2CO)nc(N(C)C)n1. The number of rotatable bonds is 4. The molecule has 1 aromatic carbocycles. The fraction of sp³-hybridized carbons (Fsp3) is 0.444. The van der Waals surface area contributed by atoms with Crippen molar-refractivity contribution in [1.82, 2.24) is 14.9 Å². The van der Waals surface area contributed by atoms with Crippen molar-refractivity contribution in [2.45, 2.75) is 25.9 Å². The lowest BCUT2D eigenvalue weighted by atomic mass is 9.93. The Morgan fingerprint density at radius 3 is 2.78 bits per heavy atom. The van der Waals surface area contributed by atoms with E-state index in [4.69, 9.17) is 0 Å². The summed E-state index contributed by atoms with van der Waals surface area (Å²) in [5.74, 6) is 0.734. The van der Waals surface area contributed by atoms with E-state index in [2.05, 4.69) is 33.1 Å². The molecule has 0 saturated heterocycles. The van der Waals surface area contributed by atoms with Gasteiger partial charge in [0.05, 0.1) is 18.3 Å². The molecule has 0 amide bonds. The summed E-state index contributed by atoms with van der Waals surface area (Å²) in [7, 11) is 3.90. The number of fused-ring (bicyclic) bond motifs is 1. The van der Waals surface area contributed by atoms with Gasteiger partial charge in [-0.1, -0.05) is 24.3 Å². The molecule has 23 heavy (non-hydrogen) atoms. The first kappa shape index (κ1) is 15.9. The number of aryl methyl sites for hydroxylation is 1. The van der Waals surface area contributed by atoms with E-state index in [-0.39, 0.29) is 12.6 Å². The normalized spacial score (nSPS) is 17.8. The predicted octanol–water partition coefficient (Wildman–Crippen LogP) is 1.94. The molecule has 0 radical (unpaired) electrons. The molecule has 5 heteroatoms. The highest BCUT2D eigenvalue weighted by atomic mass is 16.3. The number of aliphatic hydroxyl groups is 1. The van der Waals surface area contributed by atoms with Gasteiger partial charge in [-0.3, -0.25) is 4.90 Å². The Morgan fingerprint density at radius 2 is 2.04 bits per heavy atom. The summed E-state index contributed by atoms with van der Waals surface area (Å²) in [5.41, 5.74) is 4.55. The van der Waals surface area contributed by atoms with Crippen molar-refractivity contribution in [3.8, 4) is 0 Å². The van der Waals surface area contributed by atoms with Crippen LogP contribution in [0.5, 0.6) is 0 Å². The molecule has 0 unspecified atom stereocenters. The number of nitrogens with zero attached hydrogens (tertiary/aromatic N) is 4. The molecule has 1 aromatic heterocycles. The maximum Gasteiger partial charge on any atom is 0.225 e. The molecule has 2 heterocycles. The van der Waals surface area contributed by atoms with Crippen LogP contribution in [0.3, 0.4) is 0 Å². The highest BCUT2D eigenvalue weighted by Gasteiger charge is 2.26. The number of aromatic nitrogens is 2. The van der Waals surface area contributed by atoms with E-state index in [0.29, 0.717) is 0 Å². The predicted molar refractivity (Wildman–Crippen MR) is 91.5 cm³/mol. The average molecular weight is 312 g/mol. The number of aliphatic hydroxyl groups excluding tert-OH is 1. The van der Waals surface area contributed by atoms with Gasteiger partial charge in [-0.2, -0.15) is 0 Å². The monoisotopic (exact) mass is 312 g/mol. The van der Waals surface area contributed by atoms with Crippen molar-refractivity contribution in [2.24, 2.45) is 0 Å². The van der Waals surface area contributed by atoms with Gasteiger partial charge in [0.1, 0.15) is 0 Å². The van der Waals surface area contributed by atoms with E-state index >= 15 is 0 Å². The van der Waals surface area contributed by atoms with Crippen LogP contribution in [0.1, 0.15) is 28.6 Å². The lowest BCUT2D eigenvalue weighted by molar-refractivity contribution is 0.107. The van der Waals surface area contributed by atoms with E-state index in [9.17, 15) is 5.11 Å². The summed E-state index contributed by atoms with van der Waals surface area (Å²) >= 11 is 0. The molecule has 2 aromatic rings. The van der Waals surface area contributed by atoms with Crippen molar-refractivity contribution in [2.75, 3.05) is 32.1 Å². The molecule has 1 aliphatic rings. The van der Waals surface area contributed by atoms with Crippen molar-refractivity contribution in [1.29, 1.82) is 0 Å². The standard InChI is InChI=1S/C18H24N4O/c1-13-10-15(20-18(19-13)21(2)3)11-22-9-8-14-6-4-5-7-16(14)17(22)12-23/h4-7,10,17,23H,8-9,11-12H2,1-3H3/t17-/m1/s1. The van der Waals surface area contributed by atoms with Gasteiger partial charge < -0.3 is 10.0 Å². The first-order chi connectivity index (χ1) is 11.1. The molecule has 0 fully saturated rings. The van der Waals surface area contributed by atoms with Gasteiger partial charge in [0.15, 0.2) is 0 Å². The van der Waals surface area contributed by atoms with Crippen LogP contribution in [0.15, 0.2) is 30.3 Å². The molecule has 122 valence electrons. The molecule has 1 atom stereocenters. The molecule has 1 aliphatic heterocycles. The van der Waals surface area contributed by atoms with E-state index in [1.807, 2.05) is 38.1 Å². The fourth-order valence-corrected chi connectivity index (χ4v) is 3.21. The Kier molecular flexibility index (Phi) is 4.59. The minimum Gasteiger partial charge on any atom is -0.394 e. The summed E-state index contributed by atoms with van der Waals surface area (Å²) in [4.78, 5) is 13.3. The highest BCUT2D eigenvalue weighted by Crippen LogP contribution is 2.30. The Morgan fingerprint density at radius 1 is 1.26 bits per heavy atom. The molecule has 5 nitrogen and oxygen atoms in total. The van der Waals surface area contributed by atoms with Crippen molar-refractivity contribution >= 4 is 5.95 Å². The number of benzene rings is 1. The minimum absolute atomic E-state index is 0.0398. The molecule has 0 spiro atoms. The summed E-state index contributed by atoms with van der Waals surface area (Å²) in [6, 6.07) is 10.5. The average Bonchev–Trinajstić information content (AvgIpc) is 2.54. The minimum atomic E-state index is 0.0398. The summed E-state index contributed by atoms with van der Waals surface area (Å²) in [5, 5.41) is 9.90. The number of hydrogen-bond donors (Lipinski definition) is 1. The Labute approximate surface area is 137 Å². The molecule has 0 bridgehead atoms. The second-order valence-electron chi connectivity index (χ2n) is 6.31. The van der Waals surface area contributed by atoms with Crippen LogP contribution in [0.2, 0.25) is 0 Å². The van der Waals surface area contributed by atoms with E-state index in [0.717, 1.165) is 36.8 Å². The van der Waals surface area contributed by atoms with Gasteiger partial charge in [-0.15, -0.1) is 0 Å². The molecule has 0 aliphatic carbocycles. The van der Waals surface area contributed by atoms with Crippen molar-refractivity contribution in [3.63, 3.8) is 0 Å². The zero-order chi connectivity index (χ0) is 16.4. The Bertz CT molecular complexity index is 686. The van der Waals surface area contributed by atoms with Crippen LogP contribution >= 0.6 is 0 Å². The second-order valence-corrected chi connectivity index (χ2v) is 6.31. The maximum absolute atomic E-state index is 9.90. The fourth-order valence-electron chi connectivity index (χ4n) is 3.21. The van der Waals surface area contributed by atoms with Gasteiger partial charge in [0.25, 0.3) is 0 Å². The van der Waals surface area contributed by atoms with Crippen molar-refractivity contribution < 1.29 is 5.11 Å². The van der Waals surface area contributed by atoms with Crippen LogP contribution in [-0.4, -0.2) is 47.2 Å². The van der Waals surface area contributed by atoms with Gasteiger partial charge in [0, 0.05) is 32.9 Å². The zero-order valence-corrected chi connectivity index (χ0v) is 14.0. The molecular formula is C18H24N4O. The Hall–Kier alpha value is -1.98. The zero-order valence-electron chi connectivity index (χ0n) is 14.0. The van der Waals surface area contributed by atoms with Gasteiger partial charge in [0.2, 0.25) is 5.95 Å². The molecule has 3 rings (SSSR count). The number of anilines is 1. The van der Waals surface area contributed by atoms with Gasteiger partial charge in [-0.25, -0.2) is 9.97 Å². The summed E-state index contributed by atoms with van der Waals surface area (Å²) in [6.07, 6.45) is 1.01. The van der Waals surface area contributed by atoms with E-state index in [1.54, 1.807) is 0 Å². The lowest BCUT2D eigenvalue weighted by Crippen LogP contribution is -2.37.